The number of halogens is 2. The van der Waals surface area contributed by atoms with Gasteiger partial charge in [0, 0.05) is 37.3 Å². The summed E-state index contributed by atoms with van der Waals surface area (Å²) in [6.45, 7) is 2.09. The molecule has 0 aliphatic carbocycles. The minimum absolute atomic E-state index is 0.111. The number of anilines is 2. The Balaban J connectivity index is 1.76. The molecule has 3 aromatic heterocycles. The number of fused-ring (bicyclic) bond motifs is 1. The Morgan fingerprint density at radius 2 is 2.00 bits per heavy atom. The van der Waals surface area contributed by atoms with Gasteiger partial charge in [0.2, 0.25) is 5.95 Å². The van der Waals surface area contributed by atoms with Crippen molar-refractivity contribution in [1.82, 2.24) is 15.0 Å². The van der Waals surface area contributed by atoms with E-state index in [0.29, 0.717) is 49.0 Å². The number of nitrogens with two attached hydrogens (primary N) is 1. The number of rotatable bonds is 6. The number of carbonyl (C=O) groups excluding carboxylic acids is 1. The van der Waals surface area contributed by atoms with Crippen molar-refractivity contribution < 1.29 is 4.79 Å². The van der Waals surface area contributed by atoms with Crippen LogP contribution in [0.2, 0.25) is 10.0 Å². The lowest BCUT2D eigenvalue weighted by Gasteiger charge is -2.10. The summed E-state index contributed by atoms with van der Waals surface area (Å²) in [6.07, 6.45) is 2.48. The van der Waals surface area contributed by atoms with Crippen molar-refractivity contribution in [2.75, 3.05) is 17.6 Å². The molecule has 3 heterocycles. The van der Waals surface area contributed by atoms with Crippen LogP contribution >= 0.6 is 34.5 Å². The molecule has 9 heteroatoms. The molecule has 0 spiro atoms. The van der Waals surface area contributed by atoms with Gasteiger partial charge in [-0.2, -0.15) is 0 Å². The van der Waals surface area contributed by atoms with Gasteiger partial charge in [0.25, 0.3) is 0 Å². The molecule has 0 aliphatic rings. The third-order valence-corrected chi connectivity index (χ3v) is 6.43. The smallest absolute Gasteiger partial charge is 0.224 e. The molecular weight excluding hydrogens is 441 g/mol. The van der Waals surface area contributed by atoms with Gasteiger partial charge in [0.15, 0.2) is 5.78 Å². The van der Waals surface area contributed by atoms with E-state index in [1.165, 1.54) is 18.3 Å². The first-order valence-electron chi connectivity index (χ1n) is 9.14. The summed E-state index contributed by atoms with van der Waals surface area (Å²) in [6, 6.07) is 11.0. The molecule has 0 amide bonds. The Hall–Kier alpha value is -2.74. The van der Waals surface area contributed by atoms with Crippen LogP contribution in [-0.2, 0) is 6.42 Å². The first-order chi connectivity index (χ1) is 14.4. The second kappa shape index (κ2) is 8.55. The molecule has 0 bridgehead atoms. The zero-order chi connectivity index (χ0) is 21.3. The number of thiophene rings is 1. The van der Waals surface area contributed by atoms with E-state index < -0.39 is 0 Å². The second-order valence-corrected chi connectivity index (χ2v) is 8.42. The normalized spacial score (nSPS) is 11.0. The van der Waals surface area contributed by atoms with Crippen LogP contribution in [0.3, 0.4) is 0 Å². The van der Waals surface area contributed by atoms with Gasteiger partial charge >= 0.3 is 0 Å². The molecule has 4 aromatic rings. The molecule has 1 aromatic carbocycles. The standard InChI is InChI=1S/C21H17Cl2N5OS/c1-11(29)19-17(24)16-18(12-5-6-14(22)15(23)10-12)27-21(28-20(16)30-19)26-9-7-13-4-2-3-8-25-13/h2-6,8,10H,7,9,24H2,1H3,(H,26,27,28). The number of hydrogen-bond donors (Lipinski definition) is 2. The summed E-state index contributed by atoms with van der Waals surface area (Å²) >= 11 is 13.5. The lowest BCUT2D eigenvalue weighted by atomic mass is 10.1. The van der Waals surface area contributed by atoms with Crippen LogP contribution in [0.25, 0.3) is 21.5 Å². The molecule has 6 nitrogen and oxygen atoms in total. The van der Waals surface area contributed by atoms with Crippen molar-refractivity contribution in [2.24, 2.45) is 0 Å². The molecule has 0 unspecified atom stereocenters. The Bertz CT molecular complexity index is 1240. The third kappa shape index (κ3) is 4.09. The van der Waals surface area contributed by atoms with E-state index in [9.17, 15) is 4.79 Å². The van der Waals surface area contributed by atoms with Crippen LogP contribution in [0, 0.1) is 0 Å². The average molecular weight is 458 g/mol. The van der Waals surface area contributed by atoms with Crippen molar-refractivity contribution in [2.45, 2.75) is 13.3 Å². The first-order valence-corrected chi connectivity index (χ1v) is 10.7. The Morgan fingerprint density at radius 3 is 2.70 bits per heavy atom. The summed E-state index contributed by atoms with van der Waals surface area (Å²) in [5.41, 5.74) is 8.98. The van der Waals surface area contributed by atoms with Crippen LogP contribution < -0.4 is 11.1 Å². The fourth-order valence-corrected chi connectivity index (χ4v) is 4.35. The predicted molar refractivity (Wildman–Crippen MR) is 124 cm³/mol. The third-order valence-electron chi connectivity index (χ3n) is 4.49. The first kappa shape index (κ1) is 20.5. The number of pyridine rings is 1. The maximum Gasteiger partial charge on any atom is 0.224 e. The maximum absolute atomic E-state index is 12.0. The van der Waals surface area contributed by atoms with E-state index in [1.54, 1.807) is 18.3 Å². The van der Waals surface area contributed by atoms with Crippen LogP contribution in [0.4, 0.5) is 11.6 Å². The van der Waals surface area contributed by atoms with Gasteiger partial charge in [-0.1, -0.05) is 35.3 Å². The highest BCUT2D eigenvalue weighted by molar-refractivity contribution is 7.21. The van der Waals surface area contributed by atoms with Crippen molar-refractivity contribution >= 4 is 62.2 Å². The van der Waals surface area contributed by atoms with Crippen LogP contribution in [0.15, 0.2) is 42.6 Å². The Kier molecular flexibility index (Phi) is 5.85. The second-order valence-electron chi connectivity index (χ2n) is 6.60. The number of nitrogen functional groups attached to an aromatic ring is 1. The maximum atomic E-state index is 12.0. The topological polar surface area (TPSA) is 93.8 Å². The highest BCUT2D eigenvalue weighted by Crippen LogP contribution is 2.40. The van der Waals surface area contributed by atoms with Gasteiger partial charge < -0.3 is 11.1 Å². The molecule has 0 fully saturated rings. The van der Waals surface area contributed by atoms with E-state index in [2.05, 4.69) is 20.3 Å². The van der Waals surface area contributed by atoms with Crippen LogP contribution in [-0.4, -0.2) is 27.3 Å². The lowest BCUT2D eigenvalue weighted by Crippen LogP contribution is -2.09. The molecule has 30 heavy (non-hydrogen) atoms. The molecule has 0 atom stereocenters. The number of Topliss-reactive ketones (excluding diaryl/α,β-unsaturated/α-hetero) is 1. The fourth-order valence-electron chi connectivity index (χ4n) is 3.06. The molecule has 0 radical (unpaired) electrons. The summed E-state index contributed by atoms with van der Waals surface area (Å²) in [5, 5.41) is 4.73. The minimum Gasteiger partial charge on any atom is -0.397 e. The molecule has 0 saturated heterocycles. The summed E-state index contributed by atoms with van der Waals surface area (Å²) < 4.78 is 0. The van der Waals surface area contributed by atoms with Gasteiger partial charge in [-0.3, -0.25) is 9.78 Å². The van der Waals surface area contributed by atoms with Crippen molar-refractivity contribution in [3.63, 3.8) is 0 Å². The van der Waals surface area contributed by atoms with E-state index in [4.69, 9.17) is 28.9 Å². The highest BCUT2D eigenvalue weighted by atomic mass is 35.5. The monoisotopic (exact) mass is 457 g/mol. The molecule has 4 rings (SSSR count). The summed E-state index contributed by atoms with van der Waals surface area (Å²) in [5.74, 6) is 0.330. The van der Waals surface area contributed by atoms with E-state index >= 15 is 0 Å². The summed E-state index contributed by atoms with van der Waals surface area (Å²) in [4.78, 5) is 26.7. The zero-order valence-electron chi connectivity index (χ0n) is 15.9. The van der Waals surface area contributed by atoms with Crippen LogP contribution in [0.1, 0.15) is 22.3 Å². The quantitative estimate of drug-likeness (QED) is 0.371. The van der Waals surface area contributed by atoms with Crippen LogP contribution in [0.5, 0.6) is 0 Å². The molecule has 3 N–H and O–H groups in total. The van der Waals surface area contributed by atoms with Crippen molar-refractivity contribution in [3.05, 3.63) is 63.2 Å². The molecular formula is C21H17Cl2N5OS. The van der Waals surface area contributed by atoms with E-state index in [0.717, 1.165) is 17.7 Å². The van der Waals surface area contributed by atoms with Gasteiger partial charge in [-0.05, 0) is 24.3 Å². The molecule has 152 valence electrons. The van der Waals surface area contributed by atoms with E-state index in [-0.39, 0.29) is 5.78 Å². The largest absolute Gasteiger partial charge is 0.397 e. The molecule has 0 aliphatic heterocycles. The molecule has 0 saturated carbocycles. The number of aromatic nitrogens is 3. The predicted octanol–water partition coefficient (Wildman–Crippen LogP) is 5.50. The zero-order valence-corrected chi connectivity index (χ0v) is 18.3. The van der Waals surface area contributed by atoms with E-state index in [1.807, 2.05) is 24.3 Å². The summed E-state index contributed by atoms with van der Waals surface area (Å²) in [7, 11) is 0. The highest BCUT2D eigenvalue weighted by Gasteiger charge is 2.20. The van der Waals surface area contributed by atoms with Gasteiger partial charge in [-0.25, -0.2) is 9.97 Å². The van der Waals surface area contributed by atoms with Gasteiger partial charge in [0.1, 0.15) is 4.83 Å². The average Bonchev–Trinajstić information content (AvgIpc) is 3.07. The number of ketones is 1. The lowest BCUT2D eigenvalue weighted by molar-refractivity contribution is 0.102. The van der Waals surface area contributed by atoms with Gasteiger partial charge in [-0.15, -0.1) is 11.3 Å². The van der Waals surface area contributed by atoms with Gasteiger partial charge in [0.05, 0.1) is 31.7 Å². The number of carbonyl (C=O) groups is 1. The Labute approximate surface area is 187 Å². The number of nitrogens with one attached hydrogen (secondary N) is 1. The number of nitrogens with zero attached hydrogens (tertiary/aromatic N) is 3. The van der Waals surface area contributed by atoms with Crippen molar-refractivity contribution in [1.29, 1.82) is 0 Å². The fraction of sp³-hybridized carbons (Fsp3) is 0.143. The Morgan fingerprint density at radius 1 is 1.17 bits per heavy atom. The SMILES string of the molecule is CC(=O)c1sc2nc(NCCc3ccccn3)nc(-c3ccc(Cl)c(Cl)c3)c2c1N. The number of hydrogen-bond acceptors (Lipinski definition) is 7. The minimum atomic E-state index is -0.111. The van der Waals surface area contributed by atoms with Crippen molar-refractivity contribution in [3.8, 4) is 11.3 Å². The number of benzene rings is 1.